The number of nitrogens with zero attached hydrogens (tertiary/aromatic N) is 5. The second-order valence-electron chi connectivity index (χ2n) is 6.84. The Bertz CT molecular complexity index is 1020. The first kappa shape index (κ1) is 27.0. The van der Waals surface area contributed by atoms with Crippen molar-refractivity contribution < 1.29 is 28.5 Å². The van der Waals surface area contributed by atoms with Crippen LogP contribution in [0.1, 0.15) is 38.1 Å². The third kappa shape index (κ3) is 7.40. The lowest BCUT2D eigenvalue weighted by Crippen LogP contribution is -2.33. The fourth-order valence-electron chi connectivity index (χ4n) is 2.81. The molecule has 3 N–H and O–H groups in total. The first-order valence-corrected chi connectivity index (χ1v) is 11.9. The van der Waals surface area contributed by atoms with Crippen LogP contribution in [0, 0.1) is 10.1 Å². The standard InChI is InChI=1S/C20H28N6O7S/c1-3-33-20(28)25(12-14-8-7-9-15(22-14)13-32-11-6-5-10-27)18-16(26(29)30)17(21)23-19(24-18)34(31)4-2/h7-9,27H,3-6,10-13H2,1-2H3,(H2,21,23,24). The zero-order valence-corrected chi connectivity index (χ0v) is 19.8. The Balaban J connectivity index is 2.42. The number of hydrogen-bond acceptors (Lipinski definition) is 11. The highest BCUT2D eigenvalue weighted by Crippen LogP contribution is 2.33. The normalized spacial score (nSPS) is 11.7. The Morgan fingerprint density at radius 2 is 1.97 bits per heavy atom. The lowest BCUT2D eigenvalue weighted by molar-refractivity contribution is -0.383. The van der Waals surface area contributed by atoms with E-state index in [2.05, 4.69) is 15.0 Å². The number of pyridine rings is 1. The average Bonchev–Trinajstić information content (AvgIpc) is 2.81. The van der Waals surface area contributed by atoms with Gasteiger partial charge >= 0.3 is 11.8 Å². The number of aromatic nitrogens is 3. The molecule has 2 aromatic rings. The van der Waals surface area contributed by atoms with Crippen molar-refractivity contribution >= 4 is 34.2 Å². The van der Waals surface area contributed by atoms with E-state index < -0.39 is 39.1 Å². The highest BCUT2D eigenvalue weighted by Gasteiger charge is 2.33. The van der Waals surface area contributed by atoms with Crippen LogP contribution in [0.2, 0.25) is 0 Å². The molecule has 1 atom stereocenters. The van der Waals surface area contributed by atoms with Crippen molar-refractivity contribution in [3.8, 4) is 0 Å². The molecule has 14 heteroatoms. The SMILES string of the molecule is CCOC(=O)N(Cc1cccc(COCCCCO)n1)c1nc(S(=O)CC)nc(N)c1[N+](=O)[O-]. The molecule has 0 fully saturated rings. The van der Waals surface area contributed by atoms with Crippen LogP contribution in [0.25, 0.3) is 0 Å². The van der Waals surface area contributed by atoms with Crippen molar-refractivity contribution in [1.82, 2.24) is 15.0 Å². The van der Waals surface area contributed by atoms with Gasteiger partial charge in [0.05, 0.1) is 46.9 Å². The van der Waals surface area contributed by atoms with E-state index in [4.69, 9.17) is 20.3 Å². The number of anilines is 2. The summed E-state index contributed by atoms with van der Waals surface area (Å²) < 4.78 is 22.9. The third-order valence-electron chi connectivity index (χ3n) is 4.40. The summed E-state index contributed by atoms with van der Waals surface area (Å²) in [5, 5.41) is 20.3. The second kappa shape index (κ2) is 13.5. The molecule has 2 heterocycles. The van der Waals surface area contributed by atoms with Gasteiger partial charge in [0.25, 0.3) is 0 Å². The van der Waals surface area contributed by atoms with Crippen molar-refractivity contribution in [2.75, 3.05) is 36.2 Å². The van der Waals surface area contributed by atoms with Crippen molar-refractivity contribution in [3.63, 3.8) is 0 Å². The minimum Gasteiger partial charge on any atom is -0.449 e. The molecule has 1 unspecified atom stereocenters. The van der Waals surface area contributed by atoms with Crippen molar-refractivity contribution in [1.29, 1.82) is 0 Å². The fraction of sp³-hybridized carbons (Fsp3) is 0.500. The maximum atomic E-state index is 12.8. The number of nitro groups is 1. The Kier molecular flexibility index (Phi) is 10.7. The lowest BCUT2D eigenvalue weighted by atomic mass is 10.3. The number of hydrogen-bond donors (Lipinski definition) is 2. The van der Waals surface area contributed by atoms with Crippen LogP contribution in [0.4, 0.5) is 22.1 Å². The molecule has 2 rings (SSSR count). The summed E-state index contributed by atoms with van der Waals surface area (Å²) >= 11 is 0. The number of aliphatic hydroxyl groups excluding tert-OH is 1. The molecule has 0 saturated heterocycles. The van der Waals surface area contributed by atoms with Gasteiger partial charge in [-0.05, 0) is 31.9 Å². The van der Waals surface area contributed by atoms with Crippen molar-refractivity contribution in [3.05, 3.63) is 39.7 Å². The molecule has 0 aliphatic rings. The molecule has 0 saturated carbocycles. The minimum absolute atomic E-state index is 0.00654. The van der Waals surface area contributed by atoms with Crippen LogP contribution in [0.15, 0.2) is 23.4 Å². The molecule has 34 heavy (non-hydrogen) atoms. The number of nitrogens with two attached hydrogens (primary N) is 1. The smallest absolute Gasteiger partial charge is 0.416 e. The molecule has 2 aromatic heterocycles. The number of ether oxygens (including phenoxy) is 2. The summed E-state index contributed by atoms with van der Waals surface area (Å²) in [6.45, 7) is 3.74. The third-order valence-corrected chi connectivity index (χ3v) is 5.51. The van der Waals surface area contributed by atoms with E-state index in [1.165, 1.54) is 0 Å². The van der Waals surface area contributed by atoms with E-state index >= 15 is 0 Å². The molecule has 0 spiro atoms. The van der Waals surface area contributed by atoms with Crippen LogP contribution in [-0.2, 0) is 33.4 Å². The van der Waals surface area contributed by atoms with E-state index in [9.17, 15) is 19.1 Å². The van der Waals surface area contributed by atoms with Gasteiger partial charge in [-0.3, -0.25) is 19.3 Å². The number of amides is 1. The lowest BCUT2D eigenvalue weighted by Gasteiger charge is -2.21. The number of carbonyl (C=O) groups excluding carboxylic acids is 1. The summed E-state index contributed by atoms with van der Waals surface area (Å²) in [5.74, 6) is -0.794. The second-order valence-corrected chi connectivity index (χ2v) is 8.48. The van der Waals surface area contributed by atoms with Gasteiger partial charge in [0.2, 0.25) is 16.8 Å². The maximum Gasteiger partial charge on any atom is 0.416 e. The van der Waals surface area contributed by atoms with Crippen LogP contribution in [0.5, 0.6) is 0 Å². The Hall–Kier alpha value is -3.23. The fourth-order valence-corrected chi connectivity index (χ4v) is 3.46. The number of unbranched alkanes of at least 4 members (excludes halogenated alkanes) is 1. The van der Waals surface area contributed by atoms with E-state index in [-0.39, 0.29) is 37.3 Å². The minimum atomic E-state index is -1.67. The first-order chi connectivity index (χ1) is 16.3. The number of aliphatic hydroxyl groups is 1. The molecular formula is C20H28N6O7S. The van der Waals surface area contributed by atoms with Gasteiger partial charge in [-0.1, -0.05) is 13.0 Å². The van der Waals surface area contributed by atoms with Crippen molar-refractivity contribution in [2.24, 2.45) is 0 Å². The van der Waals surface area contributed by atoms with Gasteiger partial charge in [-0.2, -0.15) is 9.97 Å². The number of nitrogen functional groups attached to an aromatic ring is 1. The van der Waals surface area contributed by atoms with Gasteiger partial charge in [0.15, 0.2) is 0 Å². The average molecular weight is 497 g/mol. The van der Waals surface area contributed by atoms with E-state index in [0.717, 1.165) is 4.90 Å². The monoisotopic (exact) mass is 496 g/mol. The Labute approximate surface area is 198 Å². The van der Waals surface area contributed by atoms with Gasteiger partial charge in [0, 0.05) is 19.0 Å². The largest absolute Gasteiger partial charge is 0.449 e. The van der Waals surface area contributed by atoms with E-state index in [0.29, 0.717) is 30.8 Å². The number of rotatable bonds is 13. The van der Waals surface area contributed by atoms with Crippen LogP contribution < -0.4 is 10.6 Å². The molecule has 186 valence electrons. The van der Waals surface area contributed by atoms with E-state index in [1.54, 1.807) is 32.0 Å². The molecule has 0 radical (unpaired) electrons. The quantitative estimate of drug-likeness (QED) is 0.179. The molecule has 13 nitrogen and oxygen atoms in total. The Morgan fingerprint density at radius 3 is 2.62 bits per heavy atom. The van der Waals surface area contributed by atoms with Crippen LogP contribution in [0.3, 0.4) is 0 Å². The van der Waals surface area contributed by atoms with Crippen molar-refractivity contribution in [2.45, 2.75) is 45.0 Å². The topological polar surface area (TPSA) is 184 Å². The summed E-state index contributed by atoms with van der Waals surface area (Å²) in [6.07, 6.45) is 0.421. The summed E-state index contributed by atoms with van der Waals surface area (Å²) in [4.78, 5) is 36.9. The highest BCUT2D eigenvalue weighted by molar-refractivity contribution is 7.84. The summed E-state index contributed by atoms with van der Waals surface area (Å²) in [6, 6.07) is 5.07. The number of carbonyl (C=O) groups is 1. The van der Waals surface area contributed by atoms with Gasteiger partial charge < -0.3 is 20.3 Å². The van der Waals surface area contributed by atoms with Gasteiger partial charge in [0.1, 0.15) is 0 Å². The summed E-state index contributed by atoms with van der Waals surface area (Å²) in [7, 11) is -1.67. The van der Waals surface area contributed by atoms with Gasteiger partial charge in [-0.15, -0.1) is 0 Å². The predicted octanol–water partition coefficient (Wildman–Crippen LogP) is 1.94. The predicted molar refractivity (Wildman–Crippen MR) is 123 cm³/mol. The molecular weight excluding hydrogens is 468 g/mol. The summed E-state index contributed by atoms with van der Waals surface area (Å²) in [5.41, 5.74) is 6.04. The molecule has 0 aromatic carbocycles. The van der Waals surface area contributed by atoms with Crippen LogP contribution in [-0.4, -0.2) is 60.9 Å². The molecule has 0 aliphatic carbocycles. The van der Waals surface area contributed by atoms with Gasteiger partial charge in [-0.25, -0.2) is 9.69 Å². The Morgan fingerprint density at radius 1 is 1.24 bits per heavy atom. The molecule has 1 amide bonds. The molecule has 0 bridgehead atoms. The van der Waals surface area contributed by atoms with E-state index in [1.807, 2.05) is 0 Å². The van der Waals surface area contributed by atoms with Crippen LogP contribution >= 0.6 is 0 Å². The molecule has 0 aliphatic heterocycles. The zero-order chi connectivity index (χ0) is 25.1. The first-order valence-electron chi connectivity index (χ1n) is 10.6. The highest BCUT2D eigenvalue weighted by atomic mass is 32.2. The zero-order valence-electron chi connectivity index (χ0n) is 19.0. The maximum absolute atomic E-state index is 12.8.